The quantitative estimate of drug-likeness (QED) is 0.398. The van der Waals surface area contributed by atoms with Gasteiger partial charge < -0.3 is 4.98 Å². The number of carbonyl (C=O) groups excluding carboxylic acids is 2. The van der Waals surface area contributed by atoms with Crippen LogP contribution in [0.15, 0.2) is 18.3 Å². The van der Waals surface area contributed by atoms with Crippen LogP contribution in [-0.4, -0.2) is 16.8 Å². The van der Waals surface area contributed by atoms with Crippen LogP contribution in [0.2, 0.25) is 0 Å². The zero-order valence-corrected chi connectivity index (χ0v) is 14.3. The normalized spacial score (nSPS) is 14.2. The number of hydrogen-bond donors (Lipinski definition) is 1. The molecule has 0 atom stereocenters. The molecule has 0 aliphatic carbocycles. The molecule has 0 bridgehead atoms. The number of imide groups is 1. The molecule has 4 nitrogen and oxygen atoms in total. The topological polar surface area (TPSA) is 59.1 Å². The van der Waals surface area contributed by atoms with E-state index in [1.807, 2.05) is 12.1 Å². The van der Waals surface area contributed by atoms with Crippen molar-refractivity contribution in [3.05, 3.63) is 30.1 Å². The number of nitrogens with zero attached hydrogens (tertiary/aromatic N) is 1. The molecular weight excluding hydrogens is 255 g/mol. The molecule has 1 aromatic heterocycles. The van der Waals surface area contributed by atoms with E-state index in [-0.39, 0.29) is 63.2 Å². The minimum atomic E-state index is -0.138. The fourth-order valence-electron chi connectivity index (χ4n) is 1.36. The average Bonchev–Trinajstić information content (AvgIpc) is 2.30. The molecule has 0 unspecified atom stereocenters. The number of rotatable bonds is 1. The SMILES string of the molecule is CC(C)c1cc[c-]cn1.O=C1CCCC(=O)N1.[K+]. The molecule has 92 valence electrons. The summed E-state index contributed by atoms with van der Waals surface area (Å²) >= 11 is 0. The van der Waals surface area contributed by atoms with E-state index in [2.05, 4.69) is 30.2 Å². The van der Waals surface area contributed by atoms with Crippen LogP contribution in [0.25, 0.3) is 0 Å². The Balaban J connectivity index is 0.000000306. The predicted molar refractivity (Wildman–Crippen MR) is 64.2 cm³/mol. The predicted octanol–water partition coefficient (Wildman–Crippen LogP) is -1.18. The first-order chi connectivity index (χ1) is 8.09. The molecule has 0 saturated carbocycles. The van der Waals surface area contributed by atoms with Crippen LogP contribution in [0.1, 0.15) is 44.7 Å². The molecule has 5 heteroatoms. The summed E-state index contributed by atoms with van der Waals surface area (Å²) in [5, 5.41) is 2.20. The van der Waals surface area contributed by atoms with Gasteiger partial charge in [-0.1, -0.05) is 20.0 Å². The molecule has 0 radical (unpaired) electrons. The monoisotopic (exact) mass is 272 g/mol. The maximum atomic E-state index is 10.3. The van der Waals surface area contributed by atoms with Gasteiger partial charge in [0.15, 0.2) is 0 Å². The van der Waals surface area contributed by atoms with E-state index in [4.69, 9.17) is 0 Å². The van der Waals surface area contributed by atoms with Gasteiger partial charge in [-0.15, -0.1) is 0 Å². The Morgan fingerprint density at radius 2 is 1.89 bits per heavy atom. The molecule has 2 rings (SSSR count). The Kier molecular flexibility index (Phi) is 9.76. The third-order valence-electron chi connectivity index (χ3n) is 2.32. The van der Waals surface area contributed by atoms with Gasteiger partial charge in [0.05, 0.1) is 0 Å². The van der Waals surface area contributed by atoms with Crippen molar-refractivity contribution >= 4 is 11.8 Å². The number of hydrogen-bond acceptors (Lipinski definition) is 3. The minimum Gasteiger partial charge on any atom is -0.300 e. The van der Waals surface area contributed by atoms with Gasteiger partial charge in [-0.2, -0.15) is 6.07 Å². The number of amides is 2. The molecule has 1 saturated heterocycles. The second-order valence-corrected chi connectivity index (χ2v) is 4.16. The molecule has 1 aromatic rings. The zero-order chi connectivity index (χ0) is 12.7. The molecular formula is C13H17KN2O2. The summed E-state index contributed by atoms with van der Waals surface area (Å²) in [6, 6.07) is 6.76. The van der Waals surface area contributed by atoms with Crippen molar-refractivity contribution in [3.63, 3.8) is 0 Å². The maximum Gasteiger partial charge on any atom is 1.00 e. The molecule has 1 aliphatic heterocycles. The van der Waals surface area contributed by atoms with Gasteiger partial charge in [0.25, 0.3) is 0 Å². The van der Waals surface area contributed by atoms with Gasteiger partial charge in [0.2, 0.25) is 11.8 Å². The van der Waals surface area contributed by atoms with Crippen LogP contribution < -0.4 is 56.7 Å². The zero-order valence-electron chi connectivity index (χ0n) is 11.2. The summed E-state index contributed by atoms with van der Waals surface area (Å²) in [7, 11) is 0. The maximum absolute atomic E-state index is 10.3. The first-order valence-corrected chi connectivity index (χ1v) is 5.74. The second kappa shape index (κ2) is 9.80. The Bertz CT molecular complexity index is 366. The van der Waals surface area contributed by atoms with E-state index in [1.54, 1.807) is 6.20 Å². The van der Waals surface area contributed by atoms with Gasteiger partial charge in [0, 0.05) is 12.8 Å². The van der Waals surface area contributed by atoms with E-state index in [1.165, 1.54) is 0 Å². The molecule has 1 aliphatic rings. The first kappa shape index (κ1) is 17.9. The second-order valence-electron chi connectivity index (χ2n) is 4.16. The van der Waals surface area contributed by atoms with Crippen LogP contribution in [0.3, 0.4) is 0 Å². The third kappa shape index (κ3) is 7.38. The number of carbonyl (C=O) groups is 2. The standard InChI is InChI=1S/C8H10N.C5H7NO2.K/c1-7(2)8-5-3-4-6-9-8;7-4-2-1-3-5(8)6-4;/h3,5-7H,1-2H3;1-3H2,(H,6,7,8);/q-1;;+1. The largest absolute Gasteiger partial charge is 1.00 e. The number of nitrogens with one attached hydrogen (secondary N) is 1. The van der Waals surface area contributed by atoms with Crippen LogP contribution >= 0.6 is 0 Å². The number of aromatic nitrogens is 1. The Labute approximate surface area is 150 Å². The fourth-order valence-corrected chi connectivity index (χ4v) is 1.36. The molecule has 2 heterocycles. The van der Waals surface area contributed by atoms with Crippen LogP contribution in [0.5, 0.6) is 0 Å². The van der Waals surface area contributed by atoms with Crippen molar-refractivity contribution in [1.82, 2.24) is 10.3 Å². The van der Waals surface area contributed by atoms with E-state index in [0.29, 0.717) is 25.2 Å². The van der Waals surface area contributed by atoms with E-state index >= 15 is 0 Å². The molecule has 0 aromatic carbocycles. The fraction of sp³-hybridized carbons (Fsp3) is 0.462. The molecule has 1 fully saturated rings. The van der Waals surface area contributed by atoms with Crippen molar-refractivity contribution in [2.45, 2.75) is 39.0 Å². The first-order valence-electron chi connectivity index (χ1n) is 5.74. The van der Waals surface area contributed by atoms with Gasteiger partial charge in [-0.3, -0.25) is 14.9 Å². The van der Waals surface area contributed by atoms with Gasteiger partial charge >= 0.3 is 51.4 Å². The Morgan fingerprint density at radius 1 is 1.28 bits per heavy atom. The van der Waals surface area contributed by atoms with Crippen molar-refractivity contribution in [1.29, 1.82) is 0 Å². The van der Waals surface area contributed by atoms with Crippen LogP contribution in [0, 0.1) is 6.07 Å². The van der Waals surface area contributed by atoms with Gasteiger partial charge in [0.1, 0.15) is 0 Å². The Morgan fingerprint density at radius 3 is 2.17 bits per heavy atom. The van der Waals surface area contributed by atoms with E-state index in [0.717, 1.165) is 5.69 Å². The summed E-state index contributed by atoms with van der Waals surface area (Å²) in [5.41, 5.74) is 1.13. The van der Waals surface area contributed by atoms with E-state index in [9.17, 15) is 9.59 Å². The summed E-state index contributed by atoms with van der Waals surface area (Å²) in [6.45, 7) is 4.25. The van der Waals surface area contributed by atoms with Crippen molar-refractivity contribution in [2.75, 3.05) is 0 Å². The number of piperidine rings is 1. The molecule has 2 amide bonds. The molecule has 18 heavy (non-hydrogen) atoms. The summed E-state index contributed by atoms with van der Waals surface area (Å²) in [4.78, 5) is 24.8. The number of pyridine rings is 1. The van der Waals surface area contributed by atoms with Gasteiger partial charge in [-0.05, 0) is 18.0 Å². The van der Waals surface area contributed by atoms with E-state index < -0.39 is 0 Å². The molecule has 0 spiro atoms. The third-order valence-corrected chi connectivity index (χ3v) is 2.32. The summed E-state index contributed by atoms with van der Waals surface area (Å²) < 4.78 is 0. The van der Waals surface area contributed by atoms with Crippen molar-refractivity contribution in [3.8, 4) is 0 Å². The van der Waals surface area contributed by atoms with Gasteiger partial charge in [-0.25, -0.2) is 12.1 Å². The van der Waals surface area contributed by atoms with Crippen molar-refractivity contribution < 1.29 is 61.0 Å². The minimum absolute atomic E-state index is 0. The van der Waals surface area contributed by atoms with Crippen molar-refractivity contribution in [2.24, 2.45) is 0 Å². The van der Waals surface area contributed by atoms with Crippen LogP contribution in [-0.2, 0) is 9.59 Å². The summed E-state index contributed by atoms with van der Waals surface area (Å²) in [5.74, 6) is 0.252. The smallest absolute Gasteiger partial charge is 0.300 e. The summed E-state index contributed by atoms with van der Waals surface area (Å²) in [6.07, 6.45) is 3.43. The molecule has 1 N–H and O–H groups in total. The average molecular weight is 272 g/mol. The van der Waals surface area contributed by atoms with Crippen LogP contribution in [0.4, 0.5) is 0 Å². The Hall–Kier alpha value is -0.0736.